The highest BCUT2D eigenvalue weighted by atomic mass is 16.5. The Labute approximate surface area is 85.4 Å². The van der Waals surface area contributed by atoms with Crippen molar-refractivity contribution in [3.63, 3.8) is 0 Å². The van der Waals surface area contributed by atoms with Gasteiger partial charge in [0.1, 0.15) is 12.4 Å². The summed E-state index contributed by atoms with van der Waals surface area (Å²) in [6, 6.07) is 5.81. The standard InChI is InChI=1S/C12H17NO/c1-9(2)7-8-14-11-6-4-5-10(3)12(11)13/h4-7H,8,13H2,1-3H3. The highest BCUT2D eigenvalue weighted by Crippen LogP contribution is 2.24. The van der Waals surface area contributed by atoms with Crippen LogP contribution in [0.25, 0.3) is 0 Å². The molecule has 14 heavy (non-hydrogen) atoms. The van der Waals surface area contributed by atoms with Gasteiger partial charge in [-0.2, -0.15) is 0 Å². The van der Waals surface area contributed by atoms with Crippen molar-refractivity contribution in [1.29, 1.82) is 0 Å². The van der Waals surface area contributed by atoms with Crippen LogP contribution in [0.4, 0.5) is 5.69 Å². The second-order valence-corrected chi connectivity index (χ2v) is 3.58. The van der Waals surface area contributed by atoms with Gasteiger partial charge in [0.15, 0.2) is 0 Å². The minimum Gasteiger partial charge on any atom is -0.487 e. The van der Waals surface area contributed by atoms with E-state index in [9.17, 15) is 0 Å². The predicted molar refractivity (Wildman–Crippen MR) is 60.5 cm³/mol. The molecule has 0 heterocycles. The van der Waals surface area contributed by atoms with Crippen LogP contribution < -0.4 is 10.5 Å². The molecule has 0 amide bonds. The molecule has 0 aliphatic carbocycles. The Morgan fingerprint density at radius 2 is 2.14 bits per heavy atom. The molecule has 1 aromatic rings. The molecule has 0 radical (unpaired) electrons. The maximum Gasteiger partial charge on any atom is 0.142 e. The minimum atomic E-state index is 0.579. The molecule has 1 aromatic carbocycles. The van der Waals surface area contributed by atoms with Crippen LogP contribution in [0, 0.1) is 6.92 Å². The number of hydrogen-bond acceptors (Lipinski definition) is 2. The van der Waals surface area contributed by atoms with Crippen molar-refractivity contribution in [2.75, 3.05) is 12.3 Å². The Morgan fingerprint density at radius 1 is 1.43 bits per heavy atom. The van der Waals surface area contributed by atoms with E-state index in [0.29, 0.717) is 6.61 Å². The first-order valence-electron chi connectivity index (χ1n) is 4.72. The first kappa shape index (κ1) is 10.6. The quantitative estimate of drug-likeness (QED) is 0.589. The van der Waals surface area contributed by atoms with Crippen molar-refractivity contribution in [1.82, 2.24) is 0 Å². The number of anilines is 1. The summed E-state index contributed by atoms with van der Waals surface area (Å²) in [5.74, 6) is 0.766. The zero-order valence-corrected chi connectivity index (χ0v) is 9.00. The molecule has 2 nitrogen and oxygen atoms in total. The topological polar surface area (TPSA) is 35.2 Å². The van der Waals surface area contributed by atoms with Gasteiger partial charge in [-0.05, 0) is 38.5 Å². The number of ether oxygens (including phenoxy) is 1. The van der Waals surface area contributed by atoms with Crippen molar-refractivity contribution in [3.05, 3.63) is 35.4 Å². The smallest absolute Gasteiger partial charge is 0.142 e. The molecular weight excluding hydrogens is 174 g/mol. The van der Waals surface area contributed by atoms with Gasteiger partial charge in [-0.1, -0.05) is 17.7 Å². The normalized spacial score (nSPS) is 9.64. The molecule has 0 unspecified atom stereocenters. The average molecular weight is 191 g/mol. The molecule has 0 aliphatic heterocycles. The summed E-state index contributed by atoms with van der Waals surface area (Å²) in [6.45, 7) is 6.64. The van der Waals surface area contributed by atoms with Gasteiger partial charge in [0.2, 0.25) is 0 Å². The van der Waals surface area contributed by atoms with E-state index in [1.165, 1.54) is 5.57 Å². The van der Waals surface area contributed by atoms with Gasteiger partial charge < -0.3 is 10.5 Å². The Bertz CT molecular complexity index is 338. The summed E-state index contributed by atoms with van der Waals surface area (Å²) in [5.41, 5.74) is 8.89. The van der Waals surface area contributed by atoms with Crippen LogP contribution in [0.2, 0.25) is 0 Å². The van der Waals surface area contributed by atoms with Crippen molar-refractivity contribution >= 4 is 5.69 Å². The second-order valence-electron chi connectivity index (χ2n) is 3.58. The van der Waals surface area contributed by atoms with E-state index in [1.807, 2.05) is 45.0 Å². The molecular formula is C12H17NO. The Morgan fingerprint density at radius 3 is 2.79 bits per heavy atom. The predicted octanol–water partition coefficient (Wildman–Crippen LogP) is 2.92. The number of rotatable bonds is 3. The van der Waals surface area contributed by atoms with Crippen LogP contribution in [0.3, 0.4) is 0 Å². The number of para-hydroxylation sites is 1. The molecule has 76 valence electrons. The van der Waals surface area contributed by atoms with Gasteiger partial charge in [-0.3, -0.25) is 0 Å². The highest BCUT2D eigenvalue weighted by Gasteiger charge is 2.00. The van der Waals surface area contributed by atoms with Crippen LogP contribution in [0.15, 0.2) is 29.8 Å². The summed E-state index contributed by atoms with van der Waals surface area (Å²) < 4.78 is 5.53. The SMILES string of the molecule is CC(C)=CCOc1cccc(C)c1N. The molecule has 0 fully saturated rings. The molecule has 0 bridgehead atoms. The third-order valence-electron chi connectivity index (χ3n) is 2.01. The van der Waals surface area contributed by atoms with E-state index in [1.54, 1.807) is 0 Å². The molecule has 0 atom stereocenters. The maximum atomic E-state index is 5.85. The van der Waals surface area contributed by atoms with Crippen molar-refractivity contribution in [3.8, 4) is 5.75 Å². The van der Waals surface area contributed by atoms with Crippen molar-refractivity contribution < 1.29 is 4.74 Å². The van der Waals surface area contributed by atoms with E-state index in [0.717, 1.165) is 17.0 Å². The Hall–Kier alpha value is -1.44. The molecule has 0 saturated carbocycles. The third-order valence-corrected chi connectivity index (χ3v) is 2.01. The number of benzene rings is 1. The number of hydrogen-bond donors (Lipinski definition) is 1. The number of nitrogen functional groups attached to an aromatic ring is 1. The largest absolute Gasteiger partial charge is 0.487 e. The molecule has 0 aromatic heterocycles. The Balaban J connectivity index is 2.68. The lowest BCUT2D eigenvalue weighted by atomic mass is 10.2. The summed E-state index contributed by atoms with van der Waals surface area (Å²) in [4.78, 5) is 0. The first-order valence-corrected chi connectivity index (χ1v) is 4.72. The minimum absolute atomic E-state index is 0.579. The van der Waals surface area contributed by atoms with E-state index in [-0.39, 0.29) is 0 Å². The molecule has 0 saturated heterocycles. The fraction of sp³-hybridized carbons (Fsp3) is 0.333. The monoisotopic (exact) mass is 191 g/mol. The van der Waals surface area contributed by atoms with Crippen LogP contribution in [0.5, 0.6) is 5.75 Å². The van der Waals surface area contributed by atoms with Gasteiger partial charge in [0.25, 0.3) is 0 Å². The van der Waals surface area contributed by atoms with Crippen LogP contribution in [-0.4, -0.2) is 6.61 Å². The van der Waals surface area contributed by atoms with Crippen LogP contribution >= 0.6 is 0 Å². The summed E-state index contributed by atoms with van der Waals surface area (Å²) in [7, 11) is 0. The van der Waals surface area contributed by atoms with Gasteiger partial charge in [-0.15, -0.1) is 0 Å². The molecule has 2 heteroatoms. The molecule has 1 rings (SSSR count). The van der Waals surface area contributed by atoms with Crippen molar-refractivity contribution in [2.24, 2.45) is 0 Å². The van der Waals surface area contributed by atoms with E-state index in [4.69, 9.17) is 10.5 Å². The van der Waals surface area contributed by atoms with Gasteiger partial charge in [-0.25, -0.2) is 0 Å². The first-order chi connectivity index (χ1) is 6.61. The summed E-state index contributed by atoms with van der Waals surface area (Å²) in [5, 5.41) is 0. The molecule has 2 N–H and O–H groups in total. The average Bonchev–Trinajstić information content (AvgIpc) is 2.12. The zero-order valence-electron chi connectivity index (χ0n) is 9.00. The fourth-order valence-corrected chi connectivity index (χ4v) is 1.08. The number of nitrogens with two attached hydrogens (primary N) is 1. The zero-order chi connectivity index (χ0) is 10.6. The van der Waals surface area contributed by atoms with Gasteiger partial charge >= 0.3 is 0 Å². The lowest BCUT2D eigenvalue weighted by molar-refractivity contribution is 0.364. The molecule has 0 aliphatic rings. The van der Waals surface area contributed by atoms with Crippen LogP contribution in [0.1, 0.15) is 19.4 Å². The lowest BCUT2D eigenvalue weighted by Crippen LogP contribution is -1.99. The summed E-state index contributed by atoms with van der Waals surface area (Å²) in [6.07, 6.45) is 2.03. The summed E-state index contributed by atoms with van der Waals surface area (Å²) >= 11 is 0. The van der Waals surface area contributed by atoms with Gasteiger partial charge in [0.05, 0.1) is 5.69 Å². The van der Waals surface area contributed by atoms with E-state index in [2.05, 4.69) is 0 Å². The molecule has 0 spiro atoms. The number of aryl methyl sites for hydroxylation is 1. The highest BCUT2D eigenvalue weighted by molar-refractivity contribution is 5.57. The van der Waals surface area contributed by atoms with Crippen molar-refractivity contribution in [2.45, 2.75) is 20.8 Å². The van der Waals surface area contributed by atoms with Gasteiger partial charge in [0, 0.05) is 0 Å². The Kier molecular flexibility index (Phi) is 3.57. The third kappa shape index (κ3) is 2.80. The second kappa shape index (κ2) is 4.70. The lowest BCUT2D eigenvalue weighted by Gasteiger charge is -2.08. The van der Waals surface area contributed by atoms with Crippen LogP contribution in [-0.2, 0) is 0 Å². The maximum absolute atomic E-state index is 5.85. The fourth-order valence-electron chi connectivity index (χ4n) is 1.08. The van der Waals surface area contributed by atoms with E-state index < -0.39 is 0 Å². The number of allylic oxidation sites excluding steroid dienone is 1. The van der Waals surface area contributed by atoms with E-state index >= 15 is 0 Å².